The summed E-state index contributed by atoms with van der Waals surface area (Å²) in [6, 6.07) is 38.0. The van der Waals surface area contributed by atoms with Gasteiger partial charge < -0.3 is 14.7 Å². The molecule has 2 aromatic heterocycles. The van der Waals surface area contributed by atoms with Crippen LogP contribution in [0.15, 0.2) is 114 Å². The molecule has 2 N–H and O–H groups in total. The molecular weight excluding hydrogens is 404 g/mol. The number of hydrogen-bond donors (Lipinski definition) is 1. The predicted octanol–water partition coefficient (Wildman–Crippen LogP) is 7.93. The maximum absolute atomic E-state index is 6.51. The highest BCUT2D eigenvalue weighted by molar-refractivity contribution is 6.12. The molecule has 0 saturated carbocycles. The van der Waals surface area contributed by atoms with Crippen LogP contribution in [0.3, 0.4) is 0 Å². The Morgan fingerprint density at radius 1 is 0.576 bits per heavy atom. The van der Waals surface area contributed by atoms with Gasteiger partial charge in [-0.05, 0) is 42.0 Å². The first kappa shape index (κ1) is 18.1. The SMILES string of the molecule is Nc1cc(-c2ccccc2-n2c3ccccc3c3ccccc32)cc2c1oc1ccccc12. The Morgan fingerprint density at radius 2 is 1.18 bits per heavy atom. The highest BCUT2D eigenvalue weighted by Gasteiger charge is 2.17. The predicted molar refractivity (Wildman–Crippen MR) is 138 cm³/mol. The molecule has 0 aliphatic rings. The van der Waals surface area contributed by atoms with E-state index in [2.05, 4.69) is 89.5 Å². The maximum atomic E-state index is 6.51. The van der Waals surface area contributed by atoms with Gasteiger partial charge in [-0.1, -0.05) is 72.8 Å². The lowest BCUT2D eigenvalue weighted by Gasteiger charge is -2.14. The third-order valence-corrected chi connectivity index (χ3v) is 6.54. The van der Waals surface area contributed by atoms with Crippen molar-refractivity contribution in [2.24, 2.45) is 0 Å². The second-order valence-corrected chi connectivity index (χ2v) is 8.43. The normalized spacial score (nSPS) is 11.8. The number of fused-ring (bicyclic) bond motifs is 6. The quantitative estimate of drug-likeness (QED) is 0.286. The van der Waals surface area contributed by atoms with E-state index >= 15 is 0 Å². The standard InChI is InChI=1S/C30H20N2O/c31-25-18-19(17-24-23-12-4-8-16-29(23)33-30(24)25)20-9-1-5-13-26(20)32-27-14-6-2-10-21(27)22-11-3-7-15-28(22)32/h1-18H,31H2. The smallest absolute Gasteiger partial charge is 0.158 e. The summed E-state index contributed by atoms with van der Waals surface area (Å²) in [5.41, 5.74) is 14.5. The van der Waals surface area contributed by atoms with E-state index in [1.54, 1.807) is 0 Å². The van der Waals surface area contributed by atoms with Gasteiger partial charge in [0.05, 0.1) is 22.4 Å². The third kappa shape index (κ3) is 2.56. The molecule has 0 fully saturated rings. The molecule has 156 valence electrons. The van der Waals surface area contributed by atoms with Gasteiger partial charge in [0.15, 0.2) is 5.58 Å². The van der Waals surface area contributed by atoms with Crippen molar-refractivity contribution in [3.63, 3.8) is 0 Å². The monoisotopic (exact) mass is 424 g/mol. The molecule has 0 aliphatic carbocycles. The Balaban J connectivity index is 1.56. The number of rotatable bonds is 2. The number of nitrogen functional groups attached to an aromatic ring is 1. The summed E-state index contributed by atoms with van der Waals surface area (Å²) in [5, 5.41) is 4.62. The summed E-state index contributed by atoms with van der Waals surface area (Å²) >= 11 is 0. The minimum absolute atomic E-state index is 0.649. The average Bonchev–Trinajstić information content (AvgIpc) is 3.41. The summed E-state index contributed by atoms with van der Waals surface area (Å²) in [7, 11) is 0. The number of furan rings is 1. The highest BCUT2D eigenvalue weighted by atomic mass is 16.3. The Morgan fingerprint density at radius 3 is 1.94 bits per heavy atom. The Hall–Kier alpha value is -4.50. The van der Waals surface area contributed by atoms with E-state index in [1.165, 1.54) is 21.8 Å². The van der Waals surface area contributed by atoms with Crippen molar-refractivity contribution < 1.29 is 4.42 Å². The van der Waals surface area contributed by atoms with E-state index < -0.39 is 0 Å². The van der Waals surface area contributed by atoms with Crippen molar-refractivity contribution >= 4 is 49.4 Å². The van der Waals surface area contributed by atoms with Crippen LogP contribution in [0.25, 0.3) is 60.6 Å². The zero-order valence-corrected chi connectivity index (χ0v) is 17.8. The first-order valence-corrected chi connectivity index (χ1v) is 11.1. The summed E-state index contributed by atoms with van der Waals surface area (Å²) < 4.78 is 8.42. The first-order valence-electron chi connectivity index (χ1n) is 11.1. The summed E-state index contributed by atoms with van der Waals surface area (Å²) in [6.07, 6.45) is 0. The van der Waals surface area contributed by atoms with E-state index in [9.17, 15) is 0 Å². The number of hydrogen-bond acceptors (Lipinski definition) is 2. The molecule has 0 saturated heterocycles. The second-order valence-electron chi connectivity index (χ2n) is 8.43. The lowest BCUT2D eigenvalue weighted by molar-refractivity contribution is 0.670. The molecule has 0 unspecified atom stereocenters. The van der Waals surface area contributed by atoms with Crippen molar-refractivity contribution in [3.05, 3.63) is 109 Å². The van der Waals surface area contributed by atoms with Gasteiger partial charge in [0, 0.05) is 27.1 Å². The summed E-state index contributed by atoms with van der Waals surface area (Å²) in [6.45, 7) is 0. The molecule has 33 heavy (non-hydrogen) atoms. The van der Waals surface area contributed by atoms with Crippen LogP contribution >= 0.6 is 0 Å². The number of benzene rings is 5. The van der Waals surface area contributed by atoms with Crippen LogP contribution in [-0.4, -0.2) is 4.57 Å². The summed E-state index contributed by atoms with van der Waals surface area (Å²) in [5.74, 6) is 0. The molecule has 7 rings (SSSR count). The molecule has 0 spiro atoms. The summed E-state index contributed by atoms with van der Waals surface area (Å²) in [4.78, 5) is 0. The van der Waals surface area contributed by atoms with E-state index in [0.717, 1.165) is 38.8 Å². The van der Waals surface area contributed by atoms with Crippen LogP contribution in [-0.2, 0) is 0 Å². The van der Waals surface area contributed by atoms with Crippen LogP contribution in [0.2, 0.25) is 0 Å². The van der Waals surface area contributed by atoms with Gasteiger partial charge in [0.2, 0.25) is 0 Å². The fourth-order valence-electron chi connectivity index (χ4n) is 5.10. The largest absolute Gasteiger partial charge is 0.454 e. The highest BCUT2D eigenvalue weighted by Crippen LogP contribution is 2.40. The number of para-hydroxylation sites is 4. The van der Waals surface area contributed by atoms with Gasteiger partial charge in [0.25, 0.3) is 0 Å². The van der Waals surface area contributed by atoms with E-state index in [1.807, 2.05) is 24.3 Å². The second kappa shape index (κ2) is 6.75. The van der Waals surface area contributed by atoms with Gasteiger partial charge in [0.1, 0.15) is 5.58 Å². The first-order chi connectivity index (χ1) is 16.3. The fourth-order valence-corrected chi connectivity index (χ4v) is 5.10. The van der Waals surface area contributed by atoms with Crippen LogP contribution in [0.4, 0.5) is 5.69 Å². The fraction of sp³-hybridized carbons (Fsp3) is 0. The van der Waals surface area contributed by atoms with Crippen LogP contribution in [0.1, 0.15) is 0 Å². The van der Waals surface area contributed by atoms with Gasteiger partial charge in [-0.15, -0.1) is 0 Å². The van der Waals surface area contributed by atoms with Gasteiger partial charge in [-0.2, -0.15) is 0 Å². The van der Waals surface area contributed by atoms with Crippen molar-refractivity contribution in [1.82, 2.24) is 4.57 Å². The zero-order chi connectivity index (χ0) is 21.9. The van der Waals surface area contributed by atoms with Gasteiger partial charge >= 0.3 is 0 Å². The van der Waals surface area contributed by atoms with Crippen molar-refractivity contribution in [3.8, 4) is 16.8 Å². The lowest BCUT2D eigenvalue weighted by atomic mass is 10.00. The Bertz CT molecular complexity index is 1780. The lowest BCUT2D eigenvalue weighted by Crippen LogP contribution is -1.97. The minimum Gasteiger partial charge on any atom is -0.454 e. The maximum Gasteiger partial charge on any atom is 0.158 e. The van der Waals surface area contributed by atoms with Crippen molar-refractivity contribution in [2.75, 3.05) is 5.73 Å². The average molecular weight is 425 g/mol. The molecule has 0 bridgehead atoms. The molecule has 7 aromatic rings. The van der Waals surface area contributed by atoms with Crippen molar-refractivity contribution in [1.29, 1.82) is 0 Å². The topological polar surface area (TPSA) is 44.1 Å². The number of aromatic nitrogens is 1. The van der Waals surface area contributed by atoms with Crippen LogP contribution < -0.4 is 5.73 Å². The van der Waals surface area contributed by atoms with E-state index in [-0.39, 0.29) is 0 Å². The van der Waals surface area contributed by atoms with Crippen LogP contribution in [0.5, 0.6) is 0 Å². The third-order valence-electron chi connectivity index (χ3n) is 6.54. The molecule has 0 atom stereocenters. The van der Waals surface area contributed by atoms with Gasteiger partial charge in [-0.3, -0.25) is 0 Å². The zero-order valence-electron chi connectivity index (χ0n) is 17.8. The van der Waals surface area contributed by atoms with Crippen molar-refractivity contribution in [2.45, 2.75) is 0 Å². The molecule has 0 radical (unpaired) electrons. The molecular formula is C30H20N2O. The molecule has 0 aliphatic heterocycles. The molecule has 0 amide bonds. The Labute approximate surface area is 190 Å². The number of nitrogens with zero attached hydrogens (tertiary/aromatic N) is 1. The van der Waals surface area contributed by atoms with E-state index in [0.29, 0.717) is 5.69 Å². The van der Waals surface area contributed by atoms with Gasteiger partial charge in [-0.25, -0.2) is 0 Å². The Kier molecular flexibility index (Phi) is 3.70. The number of anilines is 1. The van der Waals surface area contributed by atoms with E-state index in [4.69, 9.17) is 10.2 Å². The molecule has 2 heterocycles. The molecule has 5 aromatic carbocycles. The minimum atomic E-state index is 0.649. The molecule has 3 nitrogen and oxygen atoms in total. The molecule has 3 heteroatoms. The number of nitrogens with two attached hydrogens (primary N) is 1. The van der Waals surface area contributed by atoms with Crippen LogP contribution in [0, 0.1) is 0 Å².